The van der Waals surface area contributed by atoms with Crippen LogP contribution >= 0.6 is 24.0 Å². The van der Waals surface area contributed by atoms with E-state index in [0.29, 0.717) is 42.8 Å². The van der Waals surface area contributed by atoms with Gasteiger partial charge >= 0.3 is 0 Å². The lowest BCUT2D eigenvalue weighted by atomic mass is 9.99. The molecule has 3 N–H and O–H groups in total. The van der Waals surface area contributed by atoms with E-state index in [-0.39, 0.29) is 29.9 Å². The molecule has 31 heavy (non-hydrogen) atoms. The Bertz CT molecular complexity index is 821. The van der Waals surface area contributed by atoms with E-state index in [1.165, 1.54) is 0 Å². The Labute approximate surface area is 201 Å². The van der Waals surface area contributed by atoms with Crippen molar-refractivity contribution in [2.45, 2.75) is 46.1 Å². The van der Waals surface area contributed by atoms with E-state index in [4.69, 9.17) is 9.26 Å². The molecular formula is C22H34IN5O3. The standard InChI is InChI=1S/C22H33N5O3.HI/c1-5-16(6-2)20-14-19(30-27-20)15-26-22(23-7-3)25-12-11-24-21(28)17-9-8-10-18(13-17)29-4;/h8-10,13-14,16H,5-7,11-12,15H2,1-4H3,(H,24,28)(H2,23,25,26);1H. The van der Waals surface area contributed by atoms with Crippen molar-refractivity contribution in [2.75, 3.05) is 26.7 Å². The summed E-state index contributed by atoms with van der Waals surface area (Å²) in [5.41, 5.74) is 1.55. The summed E-state index contributed by atoms with van der Waals surface area (Å²) >= 11 is 0. The molecule has 0 unspecified atom stereocenters. The van der Waals surface area contributed by atoms with Gasteiger partial charge in [0.2, 0.25) is 0 Å². The van der Waals surface area contributed by atoms with Crippen LogP contribution in [-0.4, -0.2) is 43.8 Å². The number of nitrogens with zero attached hydrogens (tertiary/aromatic N) is 2. The molecule has 1 heterocycles. The van der Waals surface area contributed by atoms with Crippen molar-refractivity contribution in [3.05, 3.63) is 47.3 Å². The van der Waals surface area contributed by atoms with Crippen LogP contribution in [0, 0.1) is 0 Å². The second-order valence-electron chi connectivity index (χ2n) is 6.84. The predicted molar refractivity (Wildman–Crippen MR) is 133 cm³/mol. The second-order valence-corrected chi connectivity index (χ2v) is 6.84. The van der Waals surface area contributed by atoms with E-state index in [1.807, 2.05) is 13.0 Å². The molecular weight excluding hydrogens is 509 g/mol. The number of carbonyl (C=O) groups excluding carboxylic acids is 1. The highest BCUT2D eigenvalue weighted by atomic mass is 127. The fraction of sp³-hybridized carbons (Fsp3) is 0.500. The second kappa shape index (κ2) is 14.7. The van der Waals surface area contributed by atoms with Gasteiger partial charge in [-0.2, -0.15) is 0 Å². The minimum atomic E-state index is -0.145. The zero-order valence-electron chi connectivity index (χ0n) is 18.7. The van der Waals surface area contributed by atoms with Crippen LogP contribution in [0.4, 0.5) is 0 Å². The number of guanidine groups is 1. The molecule has 0 aliphatic rings. The van der Waals surface area contributed by atoms with Crippen molar-refractivity contribution in [1.82, 2.24) is 21.1 Å². The van der Waals surface area contributed by atoms with Crippen LogP contribution in [0.25, 0.3) is 0 Å². The number of hydrogen-bond acceptors (Lipinski definition) is 5. The highest BCUT2D eigenvalue weighted by Gasteiger charge is 2.13. The SMILES string of the molecule is CCNC(=NCc1cc(C(CC)CC)no1)NCCNC(=O)c1cccc(OC)c1.I. The third kappa shape index (κ3) is 8.76. The number of halogens is 1. The summed E-state index contributed by atoms with van der Waals surface area (Å²) in [4.78, 5) is 16.8. The Balaban J connectivity index is 0.00000480. The number of aromatic nitrogens is 1. The summed E-state index contributed by atoms with van der Waals surface area (Å²) in [7, 11) is 1.58. The Hall–Kier alpha value is -2.30. The minimum absolute atomic E-state index is 0. The molecule has 1 aromatic carbocycles. The Morgan fingerprint density at radius 2 is 1.87 bits per heavy atom. The van der Waals surface area contributed by atoms with E-state index in [9.17, 15) is 4.79 Å². The summed E-state index contributed by atoms with van der Waals surface area (Å²) in [6, 6.07) is 9.05. The molecule has 2 rings (SSSR count). The van der Waals surface area contributed by atoms with Crippen LogP contribution in [-0.2, 0) is 6.54 Å². The molecule has 0 fully saturated rings. The normalized spacial score (nSPS) is 11.1. The molecule has 9 heteroatoms. The number of ether oxygens (including phenoxy) is 1. The molecule has 0 saturated carbocycles. The molecule has 0 atom stereocenters. The third-order valence-electron chi connectivity index (χ3n) is 4.75. The molecule has 0 bridgehead atoms. The summed E-state index contributed by atoms with van der Waals surface area (Å²) in [5.74, 6) is 2.33. The van der Waals surface area contributed by atoms with E-state index < -0.39 is 0 Å². The fourth-order valence-electron chi connectivity index (χ4n) is 3.02. The van der Waals surface area contributed by atoms with E-state index in [2.05, 4.69) is 39.9 Å². The zero-order chi connectivity index (χ0) is 21.8. The fourth-order valence-corrected chi connectivity index (χ4v) is 3.02. The number of carbonyl (C=O) groups is 1. The van der Waals surface area contributed by atoms with Crippen molar-refractivity contribution in [1.29, 1.82) is 0 Å². The third-order valence-corrected chi connectivity index (χ3v) is 4.75. The first kappa shape index (κ1) is 26.7. The molecule has 0 aliphatic heterocycles. The number of rotatable bonds is 11. The maximum Gasteiger partial charge on any atom is 0.251 e. The van der Waals surface area contributed by atoms with Crippen molar-refractivity contribution < 1.29 is 14.1 Å². The lowest BCUT2D eigenvalue weighted by molar-refractivity contribution is 0.0954. The van der Waals surface area contributed by atoms with Crippen LogP contribution in [0.2, 0.25) is 0 Å². The lowest BCUT2D eigenvalue weighted by Gasteiger charge is -2.11. The monoisotopic (exact) mass is 543 g/mol. The van der Waals surface area contributed by atoms with Gasteiger partial charge in [-0.05, 0) is 38.0 Å². The number of benzene rings is 1. The molecule has 1 aromatic heterocycles. The van der Waals surface area contributed by atoms with Gasteiger partial charge in [0, 0.05) is 37.2 Å². The molecule has 0 radical (unpaired) electrons. The van der Waals surface area contributed by atoms with Gasteiger partial charge in [-0.25, -0.2) is 4.99 Å². The van der Waals surface area contributed by atoms with E-state index >= 15 is 0 Å². The van der Waals surface area contributed by atoms with E-state index in [1.54, 1.807) is 31.4 Å². The van der Waals surface area contributed by atoms with Crippen LogP contribution in [0.3, 0.4) is 0 Å². The number of amides is 1. The highest BCUT2D eigenvalue weighted by molar-refractivity contribution is 14.0. The first-order valence-electron chi connectivity index (χ1n) is 10.5. The molecule has 0 spiro atoms. The highest BCUT2D eigenvalue weighted by Crippen LogP contribution is 2.22. The average molecular weight is 543 g/mol. The number of hydrogen-bond donors (Lipinski definition) is 3. The van der Waals surface area contributed by atoms with Gasteiger partial charge in [0.05, 0.1) is 12.8 Å². The lowest BCUT2D eigenvalue weighted by Crippen LogP contribution is -2.41. The minimum Gasteiger partial charge on any atom is -0.497 e. The average Bonchev–Trinajstić information content (AvgIpc) is 3.24. The molecule has 2 aromatic rings. The van der Waals surface area contributed by atoms with Gasteiger partial charge in [-0.3, -0.25) is 4.79 Å². The Kier molecular flexibility index (Phi) is 12.6. The quantitative estimate of drug-likeness (QED) is 0.173. The van der Waals surface area contributed by atoms with Gasteiger partial charge in [-0.1, -0.05) is 25.1 Å². The van der Waals surface area contributed by atoms with E-state index in [0.717, 1.165) is 30.8 Å². The van der Waals surface area contributed by atoms with Crippen molar-refractivity contribution >= 4 is 35.8 Å². The van der Waals surface area contributed by atoms with Crippen molar-refractivity contribution in [2.24, 2.45) is 4.99 Å². The number of methoxy groups -OCH3 is 1. The van der Waals surface area contributed by atoms with Crippen LogP contribution in [0.15, 0.2) is 39.8 Å². The summed E-state index contributed by atoms with van der Waals surface area (Å²) in [6.45, 7) is 8.44. The number of aliphatic imine (C=N–C) groups is 1. The first-order valence-corrected chi connectivity index (χ1v) is 10.5. The Morgan fingerprint density at radius 1 is 1.13 bits per heavy atom. The first-order chi connectivity index (χ1) is 14.6. The maximum absolute atomic E-state index is 12.2. The maximum atomic E-state index is 12.2. The molecule has 172 valence electrons. The smallest absolute Gasteiger partial charge is 0.251 e. The Morgan fingerprint density at radius 3 is 2.55 bits per heavy atom. The zero-order valence-corrected chi connectivity index (χ0v) is 21.1. The van der Waals surface area contributed by atoms with Crippen molar-refractivity contribution in [3.63, 3.8) is 0 Å². The van der Waals surface area contributed by atoms with Crippen LogP contribution in [0.1, 0.15) is 61.3 Å². The topological polar surface area (TPSA) is 101 Å². The van der Waals surface area contributed by atoms with Crippen LogP contribution < -0.4 is 20.7 Å². The molecule has 8 nitrogen and oxygen atoms in total. The van der Waals surface area contributed by atoms with Crippen molar-refractivity contribution in [3.8, 4) is 5.75 Å². The summed E-state index contributed by atoms with van der Waals surface area (Å²) in [5, 5.41) is 13.5. The predicted octanol–water partition coefficient (Wildman–Crippen LogP) is 3.69. The van der Waals surface area contributed by atoms with Gasteiger partial charge < -0.3 is 25.2 Å². The van der Waals surface area contributed by atoms with Gasteiger partial charge in [0.25, 0.3) is 5.91 Å². The largest absolute Gasteiger partial charge is 0.497 e. The summed E-state index contributed by atoms with van der Waals surface area (Å²) in [6.07, 6.45) is 2.08. The van der Waals surface area contributed by atoms with Gasteiger partial charge in [0.1, 0.15) is 12.3 Å². The molecule has 0 aliphatic carbocycles. The molecule has 0 saturated heterocycles. The number of nitrogens with one attached hydrogen (secondary N) is 3. The summed E-state index contributed by atoms with van der Waals surface area (Å²) < 4.78 is 10.6. The van der Waals surface area contributed by atoms with Gasteiger partial charge in [-0.15, -0.1) is 24.0 Å². The van der Waals surface area contributed by atoms with Crippen LogP contribution in [0.5, 0.6) is 5.75 Å². The van der Waals surface area contributed by atoms with Gasteiger partial charge in [0.15, 0.2) is 11.7 Å². The molecule has 1 amide bonds.